The van der Waals surface area contributed by atoms with Gasteiger partial charge < -0.3 is 16.2 Å². The Morgan fingerprint density at radius 3 is 2.00 bits per heavy atom. The van der Waals surface area contributed by atoms with E-state index in [9.17, 15) is 27.2 Å². The Balaban J connectivity index is 2.77. The van der Waals surface area contributed by atoms with Crippen LogP contribution in [0.2, 0.25) is 0 Å². The largest absolute Gasteiger partial charge is 0.481 e. The van der Waals surface area contributed by atoms with Crippen LogP contribution in [0.1, 0.15) is 29.6 Å². The van der Waals surface area contributed by atoms with Crippen LogP contribution in [0.5, 0.6) is 0 Å². The molecule has 0 aliphatic heterocycles. The van der Waals surface area contributed by atoms with Crippen molar-refractivity contribution in [2.45, 2.75) is 19.3 Å². The number of unbranched alkanes of at least 4 members (excludes halogenated alkanes) is 1. The molecule has 0 aromatic heterocycles. The quantitative estimate of drug-likeness (QED) is 0.323. The Hall–Kier alpha value is -2.32. The van der Waals surface area contributed by atoms with E-state index < -0.39 is 46.4 Å². The van der Waals surface area contributed by atoms with Gasteiger partial charge in [-0.3, -0.25) is 9.59 Å². The first-order valence-electron chi connectivity index (χ1n) is 5.88. The summed E-state index contributed by atoms with van der Waals surface area (Å²) in [6, 6.07) is 0. The molecule has 0 heterocycles. The summed E-state index contributed by atoms with van der Waals surface area (Å²) >= 11 is 0. The van der Waals surface area contributed by atoms with E-state index in [1.54, 1.807) is 0 Å². The van der Waals surface area contributed by atoms with Crippen molar-refractivity contribution in [3.05, 3.63) is 28.8 Å². The number of benzene rings is 1. The normalized spacial score (nSPS) is 10.5. The van der Waals surface area contributed by atoms with Gasteiger partial charge in [-0.2, -0.15) is 0 Å². The molecule has 1 aromatic rings. The molecular weight excluding hydrogens is 296 g/mol. The fourth-order valence-electron chi connectivity index (χ4n) is 1.54. The Morgan fingerprint density at radius 2 is 1.52 bits per heavy atom. The van der Waals surface area contributed by atoms with Crippen molar-refractivity contribution in [3.63, 3.8) is 0 Å². The highest BCUT2D eigenvalue weighted by atomic mass is 19.2. The van der Waals surface area contributed by atoms with Gasteiger partial charge in [-0.05, 0) is 12.8 Å². The Morgan fingerprint density at radius 1 is 1.00 bits per heavy atom. The van der Waals surface area contributed by atoms with Gasteiger partial charge in [0.05, 0.1) is 0 Å². The first kappa shape index (κ1) is 16.7. The summed E-state index contributed by atoms with van der Waals surface area (Å²) in [6.45, 7) is -0.0986. The van der Waals surface area contributed by atoms with Crippen molar-refractivity contribution in [3.8, 4) is 0 Å². The second kappa shape index (κ2) is 6.91. The van der Waals surface area contributed by atoms with E-state index in [2.05, 4.69) is 0 Å². The number of amides is 1. The second-order valence-electron chi connectivity index (χ2n) is 4.15. The third-order valence-corrected chi connectivity index (χ3v) is 2.63. The maximum absolute atomic E-state index is 13.4. The predicted octanol–water partition coefficient (Wildman–Crippen LogP) is 1.81. The lowest BCUT2D eigenvalue weighted by Crippen LogP contribution is -2.28. The maximum Gasteiger partial charge on any atom is 0.303 e. The zero-order valence-electron chi connectivity index (χ0n) is 10.7. The number of nitrogens with two attached hydrogens (primary N) is 1. The molecule has 1 aromatic carbocycles. The first-order valence-corrected chi connectivity index (χ1v) is 5.88. The summed E-state index contributed by atoms with van der Waals surface area (Å²) < 4.78 is 53.2. The fraction of sp³-hybridized carbons (Fsp3) is 0.333. The minimum absolute atomic E-state index is 0.0986. The molecule has 4 N–H and O–H groups in total. The van der Waals surface area contributed by atoms with Crippen molar-refractivity contribution in [2.24, 2.45) is 0 Å². The summed E-state index contributed by atoms with van der Waals surface area (Å²) in [4.78, 5) is 21.7. The average molecular weight is 308 g/mol. The monoisotopic (exact) mass is 308 g/mol. The molecule has 0 saturated carbocycles. The molecule has 1 rings (SSSR count). The lowest BCUT2D eigenvalue weighted by atomic mass is 10.1. The zero-order chi connectivity index (χ0) is 16.2. The van der Waals surface area contributed by atoms with Crippen LogP contribution in [0.25, 0.3) is 0 Å². The third kappa shape index (κ3) is 3.83. The van der Waals surface area contributed by atoms with Crippen molar-refractivity contribution < 1.29 is 32.3 Å². The number of carbonyl (C=O) groups is 2. The molecule has 0 spiro atoms. The zero-order valence-corrected chi connectivity index (χ0v) is 10.7. The van der Waals surface area contributed by atoms with Gasteiger partial charge in [0.15, 0.2) is 23.3 Å². The lowest BCUT2D eigenvalue weighted by molar-refractivity contribution is -0.137. The highest BCUT2D eigenvalue weighted by Gasteiger charge is 2.27. The van der Waals surface area contributed by atoms with E-state index in [-0.39, 0.29) is 25.8 Å². The maximum atomic E-state index is 13.4. The SMILES string of the molecule is Nc1c(F)c(F)c(C(=O)NCCCCC(=O)O)c(F)c1F. The molecule has 0 aliphatic rings. The molecule has 0 atom stereocenters. The lowest BCUT2D eigenvalue weighted by Gasteiger charge is -2.09. The fourth-order valence-corrected chi connectivity index (χ4v) is 1.54. The van der Waals surface area contributed by atoms with Crippen LogP contribution >= 0.6 is 0 Å². The van der Waals surface area contributed by atoms with Gasteiger partial charge in [-0.15, -0.1) is 0 Å². The first-order chi connectivity index (χ1) is 9.77. The Bertz CT molecular complexity index is 549. The number of nitrogens with one attached hydrogen (secondary N) is 1. The second-order valence-corrected chi connectivity index (χ2v) is 4.15. The van der Waals surface area contributed by atoms with E-state index in [0.717, 1.165) is 0 Å². The summed E-state index contributed by atoms with van der Waals surface area (Å²) in [5.41, 5.74) is 2.05. The van der Waals surface area contributed by atoms with Crippen molar-refractivity contribution >= 4 is 17.6 Å². The molecule has 0 bridgehead atoms. The van der Waals surface area contributed by atoms with Crippen LogP contribution in [0.4, 0.5) is 23.2 Å². The minimum atomic E-state index is -1.88. The van der Waals surface area contributed by atoms with E-state index in [1.165, 1.54) is 0 Å². The van der Waals surface area contributed by atoms with Gasteiger partial charge >= 0.3 is 5.97 Å². The van der Waals surface area contributed by atoms with Crippen molar-refractivity contribution in [1.82, 2.24) is 5.32 Å². The number of aliphatic carboxylic acids is 1. The van der Waals surface area contributed by atoms with Crippen LogP contribution in [-0.2, 0) is 4.79 Å². The van der Waals surface area contributed by atoms with Crippen LogP contribution in [-0.4, -0.2) is 23.5 Å². The van der Waals surface area contributed by atoms with E-state index in [1.807, 2.05) is 5.32 Å². The molecule has 9 heteroatoms. The molecule has 21 heavy (non-hydrogen) atoms. The highest BCUT2D eigenvalue weighted by Crippen LogP contribution is 2.25. The summed E-state index contributed by atoms with van der Waals surface area (Å²) in [5.74, 6) is -9.82. The molecule has 0 fully saturated rings. The van der Waals surface area contributed by atoms with Gasteiger partial charge in [-0.25, -0.2) is 17.6 Å². The third-order valence-electron chi connectivity index (χ3n) is 2.63. The van der Waals surface area contributed by atoms with Crippen LogP contribution in [0.3, 0.4) is 0 Å². The summed E-state index contributed by atoms with van der Waals surface area (Å²) in [5, 5.41) is 10.4. The minimum Gasteiger partial charge on any atom is -0.481 e. The summed E-state index contributed by atoms with van der Waals surface area (Å²) in [7, 11) is 0. The molecule has 116 valence electrons. The topological polar surface area (TPSA) is 92.4 Å². The number of carboxylic acid groups (broad SMARTS) is 1. The van der Waals surface area contributed by atoms with Gasteiger partial charge in [0.2, 0.25) is 0 Å². The number of nitrogen functional groups attached to an aromatic ring is 1. The van der Waals surface area contributed by atoms with Crippen molar-refractivity contribution in [2.75, 3.05) is 12.3 Å². The number of carbonyl (C=O) groups excluding carboxylic acids is 1. The number of anilines is 1. The van der Waals surface area contributed by atoms with Gasteiger partial charge in [0.25, 0.3) is 5.91 Å². The molecule has 0 unspecified atom stereocenters. The standard InChI is InChI=1S/C12H12F4N2O3/c13-7-6(8(14)10(16)11(17)9(7)15)12(21)18-4-2-1-3-5(19)20/h1-4,17H2,(H,18,21)(H,19,20). The Labute approximate surface area is 116 Å². The smallest absolute Gasteiger partial charge is 0.303 e. The number of carboxylic acids is 1. The molecule has 0 radical (unpaired) electrons. The number of halogens is 4. The molecule has 5 nitrogen and oxygen atoms in total. The van der Waals surface area contributed by atoms with Crippen molar-refractivity contribution in [1.29, 1.82) is 0 Å². The molecule has 1 amide bonds. The van der Waals surface area contributed by atoms with Gasteiger partial charge in [-0.1, -0.05) is 0 Å². The van der Waals surface area contributed by atoms with Gasteiger partial charge in [0, 0.05) is 13.0 Å². The Kier molecular flexibility index (Phi) is 5.51. The molecular formula is C12H12F4N2O3. The highest BCUT2D eigenvalue weighted by molar-refractivity contribution is 5.95. The number of hydrogen-bond acceptors (Lipinski definition) is 3. The molecule has 0 saturated heterocycles. The number of hydrogen-bond donors (Lipinski definition) is 3. The van der Waals surface area contributed by atoms with Gasteiger partial charge in [0.1, 0.15) is 11.3 Å². The predicted molar refractivity (Wildman–Crippen MR) is 64.5 cm³/mol. The van der Waals surface area contributed by atoms with Crippen LogP contribution < -0.4 is 11.1 Å². The summed E-state index contributed by atoms with van der Waals surface area (Å²) in [6.07, 6.45) is 0.315. The van der Waals surface area contributed by atoms with E-state index >= 15 is 0 Å². The van der Waals surface area contributed by atoms with Crippen LogP contribution in [0, 0.1) is 23.3 Å². The van der Waals surface area contributed by atoms with Crippen LogP contribution in [0.15, 0.2) is 0 Å². The number of rotatable bonds is 6. The molecule has 0 aliphatic carbocycles. The van der Waals surface area contributed by atoms with E-state index in [4.69, 9.17) is 10.8 Å². The van der Waals surface area contributed by atoms with E-state index in [0.29, 0.717) is 0 Å². The average Bonchev–Trinajstić information content (AvgIpc) is 2.42.